The van der Waals surface area contributed by atoms with Gasteiger partial charge in [0, 0.05) is 18.3 Å². The van der Waals surface area contributed by atoms with Crippen molar-refractivity contribution in [2.45, 2.75) is 26.2 Å². The van der Waals surface area contributed by atoms with Crippen molar-refractivity contribution < 1.29 is 0 Å². The molecule has 3 nitrogen and oxygen atoms in total. The molecule has 0 aliphatic carbocycles. The monoisotopic (exact) mass is 305 g/mol. The third-order valence-corrected chi connectivity index (χ3v) is 3.83. The van der Waals surface area contributed by atoms with Crippen molar-refractivity contribution >= 4 is 11.6 Å². The molecule has 21 heavy (non-hydrogen) atoms. The molecule has 0 fully saturated rings. The third-order valence-electron chi connectivity index (χ3n) is 3.58. The van der Waals surface area contributed by atoms with E-state index in [1.165, 1.54) is 17.5 Å². The first-order valence-electron chi connectivity index (χ1n) is 7.60. The molecule has 1 aromatic carbocycles. The molecule has 0 bridgehead atoms. The second kappa shape index (κ2) is 8.20. The van der Waals surface area contributed by atoms with Crippen LogP contribution >= 0.6 is 11.6 Å². The van der Waals surface area contributed by atoms with Gasteiger partial charge in [0.1, 0.15) is 0 Å². The molecule has 0 aliphatic heterocycles. The van der Waals surface area contributed by atoms with E-state index in [0.29, 0.717) is 5.92 Å². The predicted octanol–water partition coefficient (Wildman–Crippen LogP) is 3.47. The number of aromatic nitrogens is 2. The minimum absolute atomic E-state index is 0.571. The van der Waals surface area contributed by atoms with Crippen molar-refractivity contribution in [2.75, 3.05) is 13.1 Å². The van der Waals surface area contributed by atoms with Crippen LogP contribution in [0, 0.1) is 5.92 Å². The zero-order valence-corrected chi connectivity index (χ0v) is 13.6. The van der Waals surface area contributed by atoms with Gasteiger partial charge < -0.3 is 5.32 Å². The standard InChI is InChI=1S/C17H24ClN3/c1-3-8-19-11-15(10-16-12-20-21(2)13-16)9-14-4-6-17(18)7-5-14/h4-7,12-13,15,19H,3,8-11H2,1-2H3. The summed E-state index contributed by atoms with van der Waals surface area (Å²) < 4.78 is 1.87. The van der Waals surface area contributed by atoms with Crippen LogP contribution in [0.1, 0.15) is 24.5 Å². The molecule has 1 N–H and O–H groups in total. The number of nitrogens with one attached hydrogen (secondary N) is 1. The molecule has 0 spiro atoms. The fourth-order valence-electron chi connectivity index (χ4n) is 2.56. The first-order valence-corrected chi connectivity index (χ1v) is 7.98. The zero-order valence-electron chi connectivity index (χ0n) is 12.8. The van der Waals surface area contributed by atoms with E-state index in [2.05, 4.69) is 35.7 Å². The van der Waals surface area contributed by atoms with Crippen LogP contribution in [0.3, 0.4) is 0 Å². The van der Waals surface area contributed by atoms with Gasteiger partial charge in [0.05, 0.1) is 6.20 Å². The Morgan fingerprint density at radius 2 is 1.90 bits per heavy atom. The number of hydrogen-bond acceptors (Lipinski definition) is 2. The number of benzene rings is 1. The van der Waals surface area contributed by atoms with E-state index in [4.69, 9.17) is 11.6 Å². The predicted molar refractivity (Wildman–Crippen MR) is 88.7 cm³/mol. The molecule has 2 aromatic rings. The molecule has 1 aromatic heterocycles. The van der Waals surface area contributed by atoms with Gasteiger partial charge in [-0.1, -0.05) is 30.7 Å². The van der Waals surface area contributed by atoms with Gasteiger partial charge in [-0.05, 0) is 61.5 Å². The van der Waals surface area contributed by atoms with Gasteiger partial charge >= 0.3 is 0 Å². The van der Waals surface area contributed by atoms with Crippen LogP contribution in [0.25, 0.3) is 0 Å². The lowest BCUT2D eigenvalue weighted by Gasteiger charge is -2.17. The summed E-state index contributed by atoms with van der Waals surface area (Å²) in [5.41, 5.74) is 2.64. The molecule has 114 valence electrons. The molecular formula is C17H24ClN3. The molecule has 0 aliphatic rings. The van der Waals surface area contributed by atoms with Crippen LogP contribution in [0.2, 0.25) is 5.02 Å². The summed E-state index contributed by atoms with van der Waals surface area (Å²) in [5, 5.41) is 8.60. The Morgan fingerprint density at radius 3 is 2.52 bits per heavy atom. The highest BCUT2D eigenvalue weighted by Gasteiger charge is 2.12. The van der Waals surface area contributed by atoms with E-state index in [9.17, 15) is 0 Å². The quantitative estimate of drug-likeness (QED) is 0.757. The Hall–Kier alpha value is -1.32. The Balaban J connectivity index is 1.98. The Labute approximate surface area is 132 Å². The van der Waals surface area contributed by atoms with E-state index in [1.807, 2.05) is 30.1 Å². The van der Waals surface area contributed by atoms with E-state index in [-0.39, 0.29) is 0 Å². The van der Waals surface area contributed by atoms with E-state index in [1.54, 1.807) is 0 Å². The molecule has 0 radical (unpaired) electrons. The lowest BCUT2D eigenvalue weighted by molar-refractivity contribution is 0.470. The molecule has 1 unspecified atom stereocenters. The minimum Gasteiger partial charge on any atom is -0.316 e. The summed E-state index contributed by atoms with van der Waals surface area (Å²) in [4.78, 5) is 0. The first-order chi connectivity index (χ1) is 10.2. The molecule has 1 heterocycles. The van der Waals surface area contributed by atoms with Gasteiger partial charge in [-0.15, -0.1) is 0 Å². The van der Waals surface area contributed by atoms with Crippen molar-refractivity contribution in [1.82, 2.24) is 15.1 Å². The lowest BCUT2D eigenvalue weighted by Crippen LogP contribution is -2.26. The number of nitrogens with zero attached hydrogens (tertiary/aromatic N) is 2. The SMILES string of the molecule is CCCNCC(Cc1ccc(Cl)cc1)Cc1cnn(C)c1. The van der Waals surface area contributed by atoms with Gasteiger partial charge in [0.25, 0.3) is 0 Å². The largest absolute Gasteiger partial charge is 0.316 e. The minimum atomic E-state index is 0.571. The summed E-state index contributed by atoms with van der Waals surface area (Å²) in [7, 11) is 1.97. The van der Waals surface area contributed by atoms with Gasteiger partial charge in [0.15, 0.2) is 0 Å². The summed E-state index contributed by atoms with van der Waals surface area (Å²) in [6.07, 6.45) is 7.35. The number of halogens is 1. The number of aryl methyl sites for hydroxylation is 1. The summed E-state index contributed by atoms with van der Waals surface area (Å²) >= 11 is 5.96. The highest BCUT2D eigenvalue weighted by molar-refractivity contribution is 6.30. The molecule has 0 saturated carbocycles. The van der Waals surface area contributed by atoms with Crippen LogP contribution in [-0.2, 0) is 19.9 Å². The van der Waals surface area contributed by atoms with Gasteiger partial charge in [-0.3, -0.25) is 4.68 Å². The molecular weight excluding hydrogens is 282 g/mol. The maximum atomic E-state index is 5.96. The van der Waals surface area contributed by atoms with Crippen LogP contribution in [0.5, 0.6) is 0 Å². The van der Waals surface area contributed by atoms with Crippen molar-refractivity contribution in [3.8, 4) is 0 Å². The van der Waals surface area contributed by atoms with E-state index in [0.717, 1.165) is 31.0 Å². The number of rotatable bonds is 8. The maximum absolute atomic E-state index is 5.96. The van der Waals surface area contributed by atoms with Crippen LogP contribution in [0.4, 0.5) is 0 Å². The van der Waals surface area contributed by atoms with Gasteiger partial charge in [0.2, 0.25) is 0 Å². The third kappa shape index (κ3) is 5.52. The Bertz CT molecular complexity index is 533. The molecule has 1 atom stereocenters. The summed E-state index contributed by atoms with van der Waals surface area (Å²) in [5.74, 6) is 0.571. The smallest absolute Gasteiger partial charge is 0.0521 e. The topological polar surface area (TPSA) is 29.9 Å². The number of hydrogen-bond donors (Lipinski definition) is 1. The zero-order chi connectivity index (χ0) is 15.1. The van der Waals surface area contributed by atoms with Gasteiger partial charge in [-0.2, -0.15) is 5.10 Å². The van der Waals surface area contributed by atoms with Crippen LogP contribution in [0.15, 0.2) is 36.7 Å². The van der Waals surface area contributed by atoms with E-state index >= 15 is 0 Å². The molecule has 0 amide bonds. The molecule has 2 rings (SSSR count). The Kier molecular flexibility index (Phi) is 6.27. The average Bonchev–Trinajstić information content (AvgIpc) is 2.87. The normalized spacial score (nSPS) is 12.5. The lowest BCUT2D eigenvalue weighted by atomic mass is 9.93. The maximum Gasteiger partial charge on any atom is 0.0521 e. The van der Waals surface area contributed by atoms with Crippen molar-refractivity contribution in [2.24, 2.45) is 13.0 Å². The highest BCUT2D eigenvalue weighted by Crippen LogP contribution is 2.16. The Morgan fingerprint density at radius 1 is 1.19 bits per heavy atom. The first kappa shape index (κ1) is 16.1. The molecule has 0 saturated heterocycles. The fraction of sp³-hybridized carbons (Fsp3) is 0.471. The van der Waals surface area contributed by atoms with Crippen molar-refractivity contribution in [3.63, 3.8) is 0 Å². The van der Waals surface area contributed by atoms with Crippen LogP contribution in [-0.4, -0.2) is 22.9 Å². The average molecular weight is 306 g/mol. The summed E-state index contributed by atoms with van der Waals surface area (Å²) in [6, 6.07) is 8.19. The van der Waals surface area contributed by atoms with Crippen molar-refractivity contribution in [3.05, 3.63) is 52.8 Å². The second-order valence-electron chi connectivity index (χ2n) is 5.63. The van der Waals surface area contributed by atoms with Gasteiger partial charge in [-0.25, -0.2) is 0 Å². The molecule has 4 heteroatoms. The highest BCUT2D eigenvalue weighted by atomic mass is 35.5. The second-order valence-corrected chi connectivity index (χ2v) is 6.06. The van der Waals surface area contributed by atoms with E-state index < -0.39 is 0 Å². The van der Waals surface area contributed by atoms with Crippen LogP contribution < -0.4 is 5.32 Å². The summed E-state index contributed by atoms with van der Waals surface area (Å²) in [6.45, 7) is 4.30. The van der Waals surface area contributed by atoms with Crippen molar-refractivity contribution in [1.29, 1.82) is 0 Å². The fourth-order valence-corrected chi connectivity index (χ4v) is 2.69.